The number of rotatable bonds is 1. The summed E-state index contributed by atoms with van der Waals surface area (Å²) in [5.74, 6) is 0. The summed E-state index contributed by atoms with van der Waals surface area (Å²) >= 11 is 1.11. The molecule has 1 aliphatic heterocycles. The summed E-state index contributed by atoms with van der Waals surface area (Å²) in [5, 5.41) is 2.94. The van der Waals surface area contributed by atoms with E-state index in [4.69, 9.17) is 0 Å². The fraction of sp³-hybridized carbons (Fsp3) is 0.455. The molecule has 1 unspecified atom stereocenters. The molecule has 18 heavy (non-hydrogen) atoms. The minimum atomic E-state index is -4.28. The molecule has 3 heterocycles. The average Bonchev–Trinajstić information content (AvgIpc) is 2.95. The molecule has 0 spiro atoms. The molecule has 2 aromatic heterocycles. The van der Waals surface area contributed by atoms with Gasteiger partial charge in [-0.15, -0.1) is 11.3 Å². The number of nitrogens with zero attached hydrogens (tertiary/aromatic N) is 2. The van der Waals surface area contributed by atoms with E-state index in [-0.39, 0.29) is 18.0 Å². The van der Waals surface area contributed by atoms with Gasteiger partial charge in [-0.2, -0.15) is 13.2 Å². The highest BCUT2D eigenvalue weighted by molar-refractivity contribution is 7.18. The van der Waals surface area contributed by atoms with Gasteiger partial charge in [0.2, 0.25) is 0 Å². The maximum Gasteiger partial charge on any atom is 0.402 e. The summed E-state index contributed by atoms with van der Waals surface area (Å²) in [7, 11) is 0. The molecule has 0 amide bonds. The van der Waals surface area contributed by atoms with Crippen molar-refractivity contribution in [2.45, 2.75) is 18.0 Å². The lowest BCUT2D eigenvalue weighted by Crippen LogP contribution is -2.44. The molecule has 7 heteroatoms. The van der Waals surface area contributed by atoms with Crippen molar-refractivity contribution in [2.24, 2.45) is 0 Å². The fourth-order valence-electron chi connectivity index (χ4n) is 2.22. The summed E-state index contributed by atoms with van der Waals surface area (Å²) < 4.78 is 40.8. The van der Waals surface area contributed by atoms with Gasteiger partial charge in [-0.3, -0.25) is 4.98 Å². The van der Waals surface area contributed by atoms with Gasteiger partial charge in [0.05, 0.1) is 16.4 Å². The standard InChI is InChI=1S/C11H10F3N3S/c12-11(13,14)10(2-4-16-6-10)9-17-7-5-15-3-1-8(7)18-9/h1,3,5,16H,2,4,6H2. The Kier molecular flexibility index (Phi) is 2.56. The second-order valence-electron chi connectivity index (χ2n) is 4.37. The van der Waals surface area contributed by atoms with E-state index < -0.39 is 11.6 Å². The maximum absolute atomic E-state index is 13.3. The fourth-order valence-corrected chi connectivity index (χ4v) is 3.39. The van der Waals surface area contributed by atoms with Crippen molar-refractivity contribution in [3.63, 3.8) is 0 Å². The highest BCUT2D eigenvalue weighted by Crippen LogP contribution is 2.47. The molecule has 3 rings (SSSR count). The Balaban J connectivity index is 2.16. The lowest BCUT2D eigenvalue weighted by Gasteiger charge is -2.28. The van der Waals surface area contributed by atoms with Gasteiger partial charge < -0.3 is 5.32 Å². The molecule has 0 aromatic carbocycles. The minimum absolute atomic E-state index is 0.0454. The second kappa shape index (κ2) is 3.89. The van der Waals surface area contributed by atoms with E-state index in [1.165, 1.54) is 6.20 Å². The summed E-state index contributed by atoms with van der Waals surface area (Å²) in [4.78, 5) is 8.01. The van der Waals surface area contributed by atoms with Crippen LogP contribution in [0.1, 0.15) is 11.4 Å². The monoisotopic (exact) mass is 273 g/mol. The maximum atomic E-state index is 13.3. The van der Waals surface area contributed by atoms with Crippen LogP contribution < -0.4 is 5.32 Å². The van der Waals surface area contributed by atoms with Crippen LogP contribution in [-0.4, -0.2) is 29.2 Å². The van der Waals surface area contributed by atoms with E-state index in [9.17, 15) is 13.2 Å². The third kappa shape index (κ3) is 1.61. The first kappa shape index (κ1) is 11.9. The zero-order valence-corrected chi connectivity index (χ0v) is 10.1. The van der Waals surface area contributed by atoms with Gasteiger partial charge in [0, 0.05) is 12.7 Å². The van der Waals surface area contributed by atoms with Gasteiger partial charge in [-0.05, 0) is 19.0 Å². The minimum Gasteiger partial charge on any atom is -0.315 e. The third-order valence-corrected chi connectivity index (χ3v) is 4.54. The third-order valence-electron chi connectivity index (χ3n) is 3.30. The number of hydrogen-bond donors (Lipinski definition) is 1. The summed E-state index contributed by atoms with van der Waals surface area (Å²) in [6, 6.07) is 1.70. The number of halogens is 3. The number of pyridine rings is 1. The predicted molar refractivity (Wildman–Crippen MR) is 62.6 cm³/mol. The molecule has 1 fully saturated rings. The molecular formula is C11H10F3N3S. The predicted octanol–water partition coefficient (Wildman–Crippen LogP) is 2.48. The van der Waals surface area contributed by atoms with Crippen molar-refractivity contribution >= 4 is 21.6 Å². The molecule has 1 atom stereocenters. The van der Waals surface area contributed by atoms with Gasteiger partial charge in [0.1, 0.15) is 10.4 Å². The van der Waals surface area contributed by atoms with Crippen molar-refractivity contribution < 1.29 is 13.2 Å². The smallest absolute Gasteiger partial charge is 0.315 e. The van der Waals surface area contributed by atoms with E-state index in [1.54, 1.807) is 12.3 Å². The summed E-state index contributed by atoms with van der Waals surface area (Å²) in [5.41, 5.74) is -1.30. The Hall–Kier alpha value is -1.21. The molecule has 0 radical (unpaired) electrons. The Morgan fingerprint density at radius 3 is 2.83 bits per heavy atom. The first-order chi connectivity index (χ1) is 8.53. The SMILES string of the molecule is FC(F)(F)C1(c2nc3cnccc3s2)CCNC1. The van der Waals surface area contributed by atoms with Crippen molar-refractivity contribution in [3.05, 3.63) is 23.5 Å². The molecule has 0 bridgehead atoms. The van der Waals surface area contributed by atoms with E-state index in [0.29, 0.717) is 12.1 Å². The molecule has 96 valence electrons. The number of nitrogens with one attached hydrogen (secondary N) is 1. The van der Waals surface area contributed by atoms with Crippen LogP contribution in [0, 0.1) is 0 Å². The molecule has 1 aliphatic rings. The van der Waals surface area contributed by atoms with Gasteiger partial charge in [0.25, 0.3) is 0 Å². The second-order valence-corrected chi connectivity index (χ2v) is 5.40. The van der Waals surface area contributed by atoms with E-state index in [0.717, 1.165) is 16.0 Å². The van der Waals surface area contributed by atoms with Gasteiger partial charge in [0.15, 0.2) is 0 Å². The molecule has 1 saturated heterocycles. The first-order valence-electron chi connectivity index (χ1n) is 5.51. The Morgan fingerprint density at radius 2 is 2.22 bits per heavy atom. The quantitative estimate of drug-likeness (QED) is 0.867. The van der Waals surface area contributed by atoms with Crippen LogP contribution in [0.4, 0.5) is 13.2 Å². The van der Waals surface area contributed by atoms with Crippen molar-refractivity contribution in [2.75, 3.05) is 13.1 Å². The van der Waals surface area contributed by atoms with Gasteiger partial charge in [-0.1, -0.05) is 0 Å². The van der Waals surface area contributed by atoms with Crippen LogP contribution >= 0.6 is 11.3 Å². The van der Waals surface area contributed by atoms with Crippen LogP contribution in [0.3, 0.4) is 0 Å². The van der Waals surface area contributed by atoms with Gasteiger partial charge in [-0.25, -0.2) is 4.98 Å². The Morgan fingerprint density at radius 1 is 1.39 bits per heavy atom. The zero-order valence-electron chi connectivity index (χ0n) is 9.29. The number of hydrogen-bond acceptors (Lipinski definition) is 4. The van der Waals surface area contributed by atoms with Gasteiger partial charge >= 0.3 is 6.18 Å². The highest BCUT2D eigenvalue weighted by atomic mass is 32.1. The summed E-state index contributed by atoms with van der Waals surface area (Å²) in [6.45, 7) is 0.275. The molecule has 0 aliphatic carbocycles. The molecular weight excluding hydrogens is 263 g/mol. The van der Waals surface area contributed by atoms with Crippen LogP contribution in [-0.2, 0) is 5.41 Å². The van der Waals surface area contributed by atoms with Crippen LogP contribution in [0.5, 0.6) is 0 Å². The zero-order chi connectivity index (χ0) is 12.8. The topological polar surface area (TPSA) is 37.8 Å². The van der Waals surface area contributed by atoms with Crippen molar-refractivity contribution in [3.8, 4) is 0 Å². The lowest BCUT2D eigenvalue weighted by atomic mass is 9.87. The van der Waals surface area contributed by atoms with Crippen molar-refractivity contribution in [1.29, 1.82) is 0 Å². The van der Waals surface area contributed by atoms with E-state index in [2.05, 4.69) is 15.3 Å². The normalized spacial score (nSPS) is 24.8. The largest absolute Gasteiger partial charge is 0.402 e. The summed E-state index contributed by atoms with van der Waals surface area (Å²) in [6.07, 6.45) is -1.17. The number of fused-ring (bicyclic) bond motifs is 1. The highest BCUT2D eigenvalue weighted by Gasteiger charge is 2.59. The Bertz CT molecular complexity index is 539. The average molecular weight is 273 g/mol. The van der Waals surface area contributed by atoms with Crippen molar-refractivity contribution in [1.82, 2.24) is 15.3 Å². The number of aromatic nitrogens is 2. The Labute approximate surface area is 105 Å². The molecule has 3 nitrogen and oxygen atoms in total. The lowest BCUT2D eigenvalue weighted by molar-refractivity contribution is -0.184. The van der Waals surface area contributed by atoms with Crippen LogP contribution in [0.15, 0.2) is 18.5 Å². The van der Waals surface area contributed by atoms with E-state index >= 15 is 0 Å². The number of alkyl halides is 3. The molecule has 2 aromatic rings. The molecule has 0 saturated carbocycles. The molecule has 1 N–H and O–H groups in total. The van der Waals surface area contributed by atoms with E-state index in [1.807, 2.05) is 0 Å². The van der Waals surface area contributed by atoms with Crippen LogP contribution in [0.2, 0.25) is 0 Å². The van der Waals surface area contributed by atoms with Crippen LogP contribution in [0.25, 0.3) is 10.2 Å². The number of thiazole rings is 1. The first-order valence-corrected chi connectivity index (χ1v) is 6.33.